The number of alkyl halides is 3. The lowest BCUT2D eigenvalue weighted by atomic mass is 10.1. The first-order valence-electron chi connectivity index (χ1n) is 10.0. The van der Waals surface area contributed by atoms with Gasteiger partial charge < -0.3 is 16.4 Å². The Balaban J connectivity index is 1.93. The van der Waals surface area contributed by atoms with Crippen molar-refractivity contribution in [3.8, 4) is 0 Å². The number of sulfonamides is 1. The van der Waals surface area contributed by atoms with Crippen LogP contribution in [-0.2, 0) is 22.7 Å². The highest BCUT2D eigenvalue weighted by Crippen LogP contribution is 2.34. The fourth-order valence-electron chi connectivity index (χ4n) is 3.05. The van der Waals surface area contributed by atoms with E-state index in [-0.39, 0.29) is 23.9 Å². The molecule has 0 saturated heterocycles. The van der Waals surface area contributed by atoms with E-state index in [9.17, 15) is 26.4 Å². The molecule has 0 aliphatic heterocycles. The summed E-state index contributed by atoms with van der Waals surface area (Å²) in [4.78, 5) is 23.1. The number of aromatic nitrogens is 3. The van der Waals surface area contributed by atoms with Gasteiger partial charge in [0.2, 0.25) is 21.9 Å². The predicted octanol–water partition coefficient (Wildman–Crippen LogP) is 3.05. The van der Waals surface area contributed by atoms with E-state index in [0.29, 0.717) is 23.0 Å². The summed E-state index contributed by atoms with van der Waals surface area (Å²) in [6.07, 6.45) is -1.75. The Kier molecular flexibility index (Phi) is 7.14. The third-order valence-corrected chi connectivity index (χ3v) is 6.13. The zero-order valence-electron chi connectivity index (χ0n) is 18.9. The van der Waals surface area contributed by atoms with E-state index in [4.69, 9.17) is 5.73 Å². The first-order chi connectivity index (χ1) is 16.3. The van der Waals surface area contributed by atoms with Crippen LogP contribution in [0.15, 0.2) is 42.7 Å². The molecule has 10 nitrogen and oxygen atoms in total. The van der Waals surface area contributed by atoms with Crippen LogP contribution in [0.25, 0.3) is 0 Å². The van der Waals surface area contributed by atoms with E-state index >= 15 is 0 Å². The van der Waals surface area contributed by atoms with Crippen LogP contribution in [0.2, 0.25) is 0 Å². The molecule has 186 valence electrons. The number of amides is 1. The van der Waals surface area contributed by atoms with E-state index in [1.165, 1.54) is 43.6 Å². The van der Waals surface area contributed by atoms with Crippen molar-refractivity contribution in [2.24, 2.45) is 5.73 Å². The Labute approximate surface area is 199 Å². The number of anilines is 4. The second-order valence-electron chi connectivity index (χ2n) is 7.54. The highest BCUT2D eigenvalue weighted by Gasteiger charge is 2.35. The van der Waals surface area contributed by atoms with Gasteiger partial charge in [-0.25, -0.2) is 18.4 Å². The molecule has 3 rings (SSSR count). The van der Waals surface area contributed by atoms with Crippen molar-refractivity contribution in [2.75, 3.05) is 28.2 Å². The fourth-order valence-corrected chi connectivity index (χ4v) is 3.53. The van der Waals surface area contributed by atoms with Gasteiger partial charge in [-0.15, -0.1) is 0 Å². The Morgan fingerprint density at radius 1 is 1.20 bits per heavy atom. The second kappa shape index (κ2) is 9.74. The van der Waals surface area contributed by atoms with E-state index in [0.717, 1.165) is 10.6 Å². The molecule has 3 aromatic rings. The molecule has 0 aliphatic rings. The van der Waals surface area contributed by atoms with Crippen molar-refractivity contribution < 1.29 is 26.4 Å². The third-order valence-electron chi connectivity index (χ3n) is 4.96. The van der Waals surface area contributed by atoms with Gasteiger partial charge in [0.1, 0.15) is 17.2 Å². The normalized spacial score (nSPS) is 11.7. The molecule has 0 radical (unpaired) electrons. The maximum absolute atomic E-state index is 13.6. The number of nitrogens with two attached hydrogens (primary N) is 1. The maximum Gasteiger partial charge on any atom is 0.421 e. The number of nitrogens with one attached hydrogen (secondary N) is 2. The molecule has 1 aromatic carbocycles. The molecule has 1 amide bonds. The number of benzene rings is 1. The summed E-state index contributed by atoms with van der Waals surface area (Å²) < 4.78 is 65.5. The van der Waals surface area contributed by atoms with Crippen molar-refractivity contribution in [2.45, 2.75) is 19.6 Å². The predicted molar refractivity (Wildman–Crippen MR) is 125 cm³/mol. The van der Waals surface area contributed by atoms with E-state index < -0.39 is 33.5 Å². The number of nitrogens with zero attached hydrogens (tertiary/aromatic N) is 4. The number of primary amides is 1. The largest absolute Gasteiger partial charge is 0.421 e. The molecular weight excluding hydrogens is 487 g/mol. The summed E-state index contributed by atoms with van der Waals surface area (Å²) in [6.45, 7) is 1.48. The molecule has 0 unspecified atom stereocenters. The van der Waals surface area contributed by atoms with E-state index in [1.54, 1.807) is 6.92 Å². The van der Waals surface area contributed by atoms with Crippen molar-refractivity contribution in [3.05, 3.63) is 65.0 Å². The topological polar surface area (TPSA) is 143 Å². The Morgan fingerprint density at radius 2 is 1.91 bits per heavy atom. The first kappa shape index (κ1) is 25.7. The zero-order valence-corrected chi connectivity index (χ0v) is 19.7. The quantitative estimate of drug-likeness (QED) is 0.420. The van der Waals surface area contributed by atoms with Gasteiger partial charge in [0.25, 0.3) is 0 Å². The number of pyridine rings is 1. The van der Waals surface area contributed by atoms with E-state index in [1.807, 2.05) is 0 Å². The molecule has 14 heteroatoms. The summed E-state index contributed by atoms with van der Waals surface area (Å²) in [7, 11) is -2.36. The van der Waals surface area contributed by atoms with Gasteiger partial charge >= 0.3 is 6.18 Å². The lowest BCUT2D eigenvalue weighted by Gasteiger charge is -2.20. The minimum absolute atomic E-state index is 0.0635. The Hall–Kier alpha value is -3.94. The number of hydrogen-bond donors (Lipinski definition) is 3. The number of aryl methyl sites for hydroxylation is 1. The van der Waals surface area contributed by atoms with Crippen LogP contribution < -0.4 is 20.7 Å². The lowest BCUT2D eigenvalue weighted by Crippen LogP contribution is -2.27. The average molecular weight is 510 g/mol. The monoisotopic (exact) mass is 509 g/mol. The summed E-state index contributed by atoms with van der Waals surface area (Å²) in [5, 5.41) is 5.44. The van der Waals surface area contributed by atoms with Gasteiger partial charge in [0.15, 0.2) is 0 Å². The van der Waals surface area contributed by atoms with Gasteiger partial charge in [-0.1, -0.05) is 6.07 Å². The highest BCUT2D eigenvalue weighted by molar-refractivity contribution is 7.92. The van der Waals surface area contributed by atoms with Crippen molar-refractivity contribution in [1.29, 1.82) is 0 Å². The Bertz CT molecular complexity index is 1360. The van der Waals surface area contributed by atoms with E-state index in [2.05, 4.69) is 25.6 Å². The van der Waals surface area contributed by atoms with Crippen LogP contribution in [0.4, 0.5) is 36.4 Å². The van der Waals surface area contributed by atoms with Gasteiger partial charge in [-0.3, -0.25) is 9.10 Å². The second-order valence-corrected chi connectivity index (χ2v) is 9.56. The summed E-state index contributed by atoms with van der Waals surface area (Å²) in [6, 6.07) is 7.59. The number of carbonyl (C=O) groups excluding carboxylic acids is 1. The van der Waals surface area contributed by atoms with Crippen LogP contribution in [0.1, 0.15) is 27.0 Å². The molecule has 0 fully saturated rings. The number of carbonyl (C=O) groups is 1. The number of halogens is 3. The van der Waals surface area contributed by atoms with Gasteiger partial charge in [-0.05, 0) is 36.8 Å². The van der Waals surface area contributed by atoms with Crippen molar-refractivity contribution >= 4 is 39.2 Å². The first-order valence-corrected chi connectivity index (χ1v) is 11.9. The van der Waals surface area contributed by atoms with Crippen LogP contribution in [-0.4, -0.2) is 42.6 Å². The standard InChI is InChI=1S/C21H22F3N7O3S/c1-12-9-13(17(25)32)6-7-16(12)29-20-28-11-15(21(22,23)24)18(30-20)27-10-14-5-4-8-26-19(14)31(2)35(3,33)34/h4-9,11H,10H2,1-3H3,(H2,25,32)(H2,27,28,29,30). The van der Waals surface area contributed by atoms with Crippen LogP contribution in [0.5, 0.6) is 0 Å². The van der Waals surface area contributed by atoms with Gasteiger partial charge in [0.05, 0.1) is 6.26 Å². The SMILES string of the molecule is Cc1cc(C(N)=O)ccc1Nc1ncc(C(F)(F)F)c(NCc2cccnc2N(C)S(C)(=O)=O)n1. The highest BCUT2D eigenvalue weighted by atomic mass is 32.2. The lowest BCUT2D eigenvalue weighted by molar-refractivity contribution is -0.137. The Morgan fingerprint density at radius 3 is 2.51 bits per heavy atom. The molecule has 0 bridgehead atoms. The molecular formula is C21H22F3N7O3S. The smallest absolute Gasteiger partial charge is 0.366 e. The van der Waals surface area contributed by atoms with Crippen LogP contribution >= 0.6 is 0 Å². The number of hydrogen-bond acceptors (Lipinski definition) is 8. The molecule has 0 spiro atoms. The molecule has 35 heavy (non-hydrogen) atoms. The van der Waals surface area contributed by atoms with Gasteiger partial charge in [-0.2, -0.15) is 18.2 Å². The summed E-state index contributed by atoms with van der Waals surface area (Å²) in [5.74, 6) is -1.20. The summed E-state index contributed by atoms with van der Waals surface area (Å²) >= 11 is 0. The third kappa shape index (κ3) is 6.15. The molecule has 2 aromatic heterocycles. The molecule has 2 heterocycles. The number of rotatable bonds is 8. The van der Waals surface area contributed by atoms with Crippen LogP contribution in [0, 0.1) is 6.92 Å². The molecule has 4 N–H and O–H groups in total. The summed E-state index contributed by atoms with van der Waals surface area (Å²) in [5.41, 5.74) is 5.82. The molecule has 0 aliphatic carbocycles. The van der Waals surface area contributed by atoms with Crippen molar-refractivity contribution in [3.63, 3.8) is 0 Å². The molecule has 0 saturated carbocycles. The minimum Gasteiger partial charge on any atom is -0.366 e. The zero-order chi connectivity index (χ0) is 26.0. The van der Waals surface area contributed by atoms with Crippen LogP contribution in [0.3, 0.4) is 0 Å². The average Bonchev–Trinajstić information content (AvgIpc) is 2.77. The maximum atomic E-state index is 13.6. The van der Waals surface area contributed by atoms with Crippen molar-refractivity contribution in [1.82, 2.24) is 15.0 Å². The minimum atomic E-state index is -4.75. The van der Waals surface area contributed by atoms with Gasteiger partial charge in [0, 0.05) is 42.8 Å². The molecule has 0 atom stereocenters. The fraction of sp³-hybridized carbons (Fsp3) is 0.238.